The number of aromatic amines is 1. The quantitative estimate of drug-likeness (QED) is 0.764. The molecule has 1 aromatic rings. The summed E-state index contributed by atoms with van der Waals surface area (Å²) < 4.78 is 29.1. The molecule has 0 unspecified atom stereocenters. The molecule has 5 nitrogen and oxygen atoms in total. The van der Waals surface area contributed by atoms with E-state index in [4.69, 9.17) is 5.26 Å². The van der Waals surface area contributed by atoms with Gasteiger partial charge in [-0.15, -0.1) is 0 Å². The predicted octanol–water partition coefficient (Wildman–Crippen LogP) is 0.971. The van der Waals surface area contributed by atoms with Crippen LogP contribution in [0.5, 0.6) is 0 Å². The molecule has 16 heavy (non-hydrogen) atoms. The fourth-order valence-electron chi connectivity index (χ4n) is 1.10. The van der Waals surface area contributed by atoms with Gasteiger partial charge < -0.3 is 9.72 Å². The molecule has 84 valence electrons. The first-order chi connectivity index (χ1) is 7.51. The van der Waals surface area contributed by atoms with Gasteiger partial charge in [0.15, 0.2) is 0 Å². The van der Waals surface area contributed by atoms with Gasteiger partial charge in [0, 0.05) is 0 Å². The molecule has 1 aromatic heterocycles. The van der Waals surface area contributed by atoms with Crippen molar-refractivity contribution in [3.05, 3.63) is 33.2 Å². The van der Waals surface area contributed by atoms with E-state index in [2.05, 4.69) is 4.74 Å². The van der Waals surface area contributed by atoms with Crippen LogP contribution < -0.4 is 5.56 Å². The van der Waals surface area contributed by atoms with Gasteiger partial charge in [0.2, 0.25) is 0 Å². The Morgan fingerprint density at radius 3 is 2.69 bits per heavy atom. The van der Waals surface area contributed by atoms with Gasteiger partial charge in [-0.05, 0) is 6.07 Å². The van der Waals surface area contributed by atoms with Crippen LogP contribution in [0.15, 0.2) is 10.9 Å². The van der Waals surface area contributed by atoms with E-state index in [1.54, 1.807) is 0 Å². The fourth-order valence-corrected chi connectivity index (χ4v) is 1.10. The maximum absolute atomic E-state index is 12.4. The van der Waals surface area contributed by atoms with Crippen LogP contribution in [-0.4, -0.2) is 18.1 Å². The molecule has 0 aliphatic heterocycles. The topological polar surface area (TPSA) is 82.9 Å². The van der Waals surface area contributed by atoms with Gasteiger partial charge >= 0.3 is 5.97 Å². The molecule has 0 fully saturated rings. The van der Waals surface area contributed by atoms with Gasteiger partial charge in [-0.3, -0.25) is 4.79 Å². The second kappa shape index (κ2) is 4.53. The van der Waals surface area contributed by atoms with E-state index < -0.39 is 29.1 Å². The highest BCUT2D eigenvalue weighted by atomic mass is 19.3. The molecular formula is C9H6F2N2O3. The first-order valence-electron chi connectivity index (χ1n) is 4.05. The van der Waals surface area contributed by atoms with Crippen molar-refractivity contribution >= 4 is 5.97 Å². The summed E-state index contributed by atoms with van der Waals surface area (Å²) in [5.41, 5.74) is -3.00. The van der Waals surface area contributed by atoms with Crippen LogP contribution in [-0.2, 0) is 4.74 Å². The number of hydrogen-bond acceptors (Lipinski definition) is 4. The van der Waals surface area contributed by atoms with Crippen LogP contribution in [0.2, 0.25) is 0 Å². The van der Waals surface area contributed by atoms with E-state index in [0.29, 0.717) is 0 Å². The molecule has 7 heteroatoms. The molecule has 0 radical (unpaired) electrons. The summed E-state index contributed by atoms with van der Waals surface area (Å²) in [7, 11) is 1.06. The Hall–Kier alpha value is -2.23. The van der Waals surface area contributed by atoms with Crippen LogP contribution in [0.4, 0.5) is 8.78 Å². The summed E-state index contributed by atoms with van der Waals surface area (Å²) >= 11 is 0. The highest BCUT2D eigenvalue weighted by Gasteiger charge is 2.20. The number of nitriles is 1. The summed E-state index contributed by atoms with van der Waals surface area (Å²) in [5, 5.41) is 8.58. The van der Waals surface area contributed by atoms with Crippen LogP contribution in [0.1, 0.15) is 28.0 Å². The van der Waals surface area contributed by atoms with Crippen molar-refractivity contribution in [2.75, 3.05) is 7.11 Å². The number of nitrogens with zero attached hydrogens (tertiary/aromatic N) is 1. The zero-order chi connectivity index (χ0) is 12.3. The molecule has 1 heterocycles. The number of nitrogens with one attached hydrogen (secondary N) is 1. The molecule has 0 aromatic carbocycles. The van der Waals surface area contributed by atoms with Crippen molar-refractivity contribution in [2.24, 2.45) is 0 Å². The Morgan fingerprint density at radius 1 is 1.62 bits per heavy atom. The highest BCUT2D eigenvalue weighted by Crippen LogP contribution is 2.18. The fraction of sp³-hybridized carbons (Fsp3) is 0.222. The maximum atomic E-state index is 12.4. The van der Waals surface area contributed by atoms with Gasteiger partial charge in [0.1, 0.15) is 11.3 Å². The lowest BCUT2D eigenvalue weighted by Crippen LogP contribution is -2.20. The molecular weight excluding hydrogens is 222 g/mol. The summed E-state index contributed by atoms with van der Waals surface area (Å²) in [6.07, 6.45) is -3.08. The monoisotopic (exact) mass is 228 g/mol. The summed E-state index contributed by atoms with van der Waals surface area (Å²) in [5.74, 6) is -0.908. The molecule has 1 rings (SSSR count). The zero-order valence-electron chi connectivity index (χ0n) is 8.08. The number of H-pyrrole nitrogens is 1. The zero-order valence-corrected chi connectivity index (χ0v) is 8.08. The molecule has 0 aliphatic rings. The molecule has 0 spiro atoms. The number of pyridine rings is 1. The minimum atomic E-state index is -3.08. The van der Waals surface area contributed by atoms with Gasteiger partial charge in [0.25, 0.3) is 12.0 Å². The van der Waals surface area contributed by atoms with Gasteiger partial charge in [-0.2, -0.15) is 5.26 Å². The number of methoxy groups -OCH3 is 1. The molecule has 1 N–H and O–H groups in total. The highest BCUT2D eigenvalue weighted by molar-refractivity contribution is 5.87. The third-order valence-electron chi connectivity index (χ3n) is 1.82. The number of carbonyl (C=O) groups excluding carboxylic acids is 1. The Morgan fingerprint density at radius 2 is 2.25 bits per heavy atom. The van der Waals surface area contributed by atoms with Gasteiger partial charge in [-0.25, -0.2) is 13.6 Å². The number of carbonyl (C=O) groups is 1. The smallest absolute Gasteiger partial charge is 0.354 e. The number of halogens is 2. The standard InChI is InChI=1S/C9H6F2N2O3/c1-16-9(15)5-2-4(3-12)6(7(10)11)8(14)13-5/h2,7H,1H3,(H,13,14). The minimum absolute atomic E-state index is 0.339. The first-order valence-corrected chi connectivity index (χ1v) is 4.05. The lowest BCUT2D eigenvalue weighted by Gasteiger charge is -2.04. The van der Waals surface area contributed by atoms with Gasteiger partial charge in [-0.1, -0.05) is 0 Å². The number of esters is 1. The first kappa shape index (κ1) is 11.8. The largest absolute Gasteiger partial charge is 0.464 e. The summed E-state index contributed by atoms with van der Waals surface area (Å²) in [6.45, 7) is 0. The predicted molar refractivity (Wildman–Crippen MR) is 48.1 cm³/mol. The number of hydrogen-bond donors (Lipinski definition) is 1. The third-order valence-corrected chi connectivity index (χ3v) is 1.82. The van der Waals surface area contributed by atoms with Crippen LogP contribution in [0, 0.1) is 11.3 Å². The third kappa shape index (κ3) is 2.06. The number of ether oxygens (including phenoxy) is 1. The lowest BCUT2D eigenvalue weighted by molar-refractivity contribution is 0.0593. The van der Waals surface area contributed by atoms with Crippen molar-refractivity contribution < 1.29 is 18.3 Å². The van der Waals surface area contributed by atoms with E-state index in [-0.39, 0.29) is 5.69 Å². The number of alkyl halides is 2. The van der Waals surface area contributed by atoms with Crippen molar-refractivity contribution in [3.8, 4) is 6.07 Å². The Balaban J connectivity index is 3.46. The minimum Gasteiger partial charge on any atom is -0.464 e. The van der Waals surface area contributed by atoms with E-state index in [0.717, 1.165) is 13.2 Å². The summed E-state index contributed by atoms with van der Waals surface area (Å²) in [4.78, 5) is 24.1. The van der Waals surface area contributed by atoms with E-state index in [1.165, 1.54) is 6.07 Å². The van der Waals surface area contributed by atoms with Gasteiger partial charge in [0.05, 0.1) is 18.7 Å². The van der Waals surface area contributed by atoms with Crippen molar-refractivity contribution in [1.82, 2.24) is 4.98 Å². The number of aromatic nitrogens is 1. The second-order valence-electron chi connectivity index (χ2n) is 2.74. The normalized spacial score (nSPS) is 9.94. The van der Waals surface area contributed by atoms with Crippen LogP contribution >= 0.6 is 0 Å². The lowest BCUT2D eigenvalue weighted by atomic mass is 10.1. The molecule has 0 amide bonds. The number of rotatable bonds is 2. The Kier molecular flexibility index (Phi) is 3.35. The average Bonchev–Trinajstić information content (AvgIpc) is 2.26. The molecule has 0 aliphatic carbocycles. The molecule has 0 saturated carbocycles. The van der Waals surface area contributed by atoms with E-state index in [9.17, 15) is 18.4 Å². The van der Waals surface area contributed by atoms with Crippen molar-refractivity contribution in [2.45, 2.75) is 6.43 Å². The second-order valence-corrected chi connectivity index (χ2v) is 2.74. The SMILES string of the molecule is COC(=O)c1cc(C#N)c(C(F)F)c(=O)[nH]1. The van der Waals surface area contributed by atoms with Crippen molar-refractivity contribution in [3.63, 3.8) is 0 Å². The molecule has 0 atom stereocenters. The Bertz CT molecular complexity index is 516. The Labute approximate surface area is 88.3 Å². The maximum Gasteiger partial charge on any atom is 0.354 e. The van der Waals surface area contributed by atoms with Crippen LogP contribution in [0.3, 0.4) is 0 Å². The van der Waals surface area contributed by atoms with E-state index in [1.807, 2.05) is 4.98 Å². The average molecular weight is 228 g/mol. The molecule has 0 saturated heterocycles. The van der Waals surface area contributed by atoms with E-state index >= 15 is 0 Å². The van der Waals surface area contributed by atoms with Crippen LogP contribution in [0.25, 0.3) is 0 Å². The van der Waals surface area contributed by atoms with Crippen molar-refractivity contribution in [1.29, 1.82) is 5.26 Å². The molecule has 0 bridgehead atoms. The summed E-state index contributed by atoms with van der Waals surface area (Å²) in [6, 6.07) is 2.29.